The summed E-state index contributed by atoms with van der Waals surface area (Å²) in [6, 6.07) is 6.63. The van der Waals surface area contributed by atoms with Gasteiger partial charge in [0, 0.05) is 46.4 Å². The normalized spacial score (nSPS) is 18.7. The van der Waals surface area contributed by atoms with Crippen molar-refractivity contribution in [1.29, 1.82) is 0 Å². The van der Waals surface area contributed by atoms with Crippen LogP contribution in [-0.4, -0.2) is 134 Å². The van der Waals surface area contributed by atoms with Crippen molar-refractivity contribution >= 4 is 40.9 Å². The van der Waals surface area contributed by atoms with Crippen LogP contribution in [0.2, 0.25) is 0 Å². The van der Waals surface area contributed by atoms with Crippen LogP contribution in [0.5, 0.6) is 0 Å². The first-order chi connectivity index (χ1) is 29.3. The zero-order chi connectivity index (χ0) is 46.4. The highest BCUT2D eigenvalue weighted by Gasteiger charge is 2.44. The quantitative estimate of drug-likeness (QED) is 0.127. The van der Waals surface area contributed by atoms with Crippen molar-refractivity contribution in [2.24, 2.45) is 29.6 Å². The van der Waals surface area contributed by atoms with Gasteiger partial charge in [-0.15, -0.1) is 11.3 Å². The number of likely N-dealkylation sites (tertiary alicyclic amines) is 1. The smallest absolute Gasteiger partial charge is 0.245 e. The first-order valence-electron chi connectivity index (χ1n) is 22.4. The van der Waals surface area contributed by atoms with Gasteiger partial charge in [-0.1, -0.05) is 99.1 Å². The second-order valence-electron chi connectivity index (χ2n) is 18.1. The summed E-state index contributed by atoms with van der Waals surface area (Å²) in [6.45, 7) is 17.9. The van der Waals surface area contributed by atoms with Crippen molar-refractivity contribution in [2.45, 2.75) is 143 Å². The van der Waals surface area contributed by atoms with E-state index in [-0.39, 0.29) is 65.8 Å². The van der Waals surface area contributed by atoms with E-state index in [2.05, 4.69) is 20.9 Å². The highest BCUT2D eigenvalue weighted by atomic mass is 32.1. The molecule has 1 aromatic carbocycles. The number of nitrogens with one attached hydrogen (secondary N) is 3. The molecule has 348 valence electrons. The van der Waals surface area contributed by atoms with Crippen molar-refractivity contribution < 1.29 is 33.4 Å². The van der Waals surface area contributed by atoms with Gasteiger partial charge < -0.3 is 40.1 Å². The van der Waals surface area contributed by atoms with E-state index >= 15 is 0 Å². The molecular formula is C47H77N7O7S. The molecule has 1 aliphatic rings. The Morgan fingerprint density at radius 2 is 1.48 bits per heavy atom. The Balaban J connectivity index is 1.81. The molecule has 0 aliphatic carbocycles. The number of amides is 5. The SMILES string of the molecule is CC[C@H](C)[C@@H]([C@@H](CC(=O)N1CCCC1[C@H](OC)[C@@H](C)C(=O)N[C@@H](Cc1ccccc1)c1nccs1)OC)N(C)C(=O)C(NC(=O)C(C(C)C)N(C)C(=O)C(NC)C(C)C)C(C)C. The van der Waals surface area contributed by atoms with Gasteiger partial charge in [-0.2, -0.15) is 0 Å². The molecule has 1 saturated heterocycles. The number of aromatic nitrogens is 1. The van der Waals surface area contributed by atoms with Crippen LogP contribution in [0.4, 0.5) is 0 Å². The summed E-state index contributed by atoms with van der Waals surface area (Å²) in [5, 5.41) is 12.0. The first kappa shape index (κ1) is 52.4. The highest BCUT2D eigenvalue weighted by Crippen LogP contribution is 2.31. The summed E-state index contributed by atoms with van der Waals surface area (Å²) >= 11 is 1.50. The van der Waals surface area contributed by atoms with Crippen LogP contribution < -0.4 is 16.0 Å². The lowest BCUT2D eigenvalue weighted by Gasteiger charge is -2.41. The van der Waals surface area contributed by atoms with Gasteiger partial charge in [0.2, 0.25) is 29.5 Å². The summed E-state index contributed by atoms with van der Waals surface area (Å²) in [5.41, 5.74) is 1.08. The number of benzene rings is 1. The molecule has 5 amide bonds. The molecule has 14 nitrogen and oxygen atoms in total. The molecule has 3 N–H and O–H groups in total. The average molecular weight is 884 g/mol. The highest BCUT2D eigenvalue weighted by molar-refractivity contribution is 7.09. The monoisotopic (exact) mass is 884 g/mol. The molecule has 10 atom stereocenters. The number of carbonyl (C=O) groups excluding carboxylic acids is 5. The Hall–Kier alpha value is -3.92. The maximum absolute atomic E-state index is 14.6. The number of hydrogen-bond donors (Lipinski definition) is 3. The van der Waals surface area contributed by atoms with Crippen LogP contribution in [-0.2, 0) is 39.9 Å². The fourth-order valence-electron chi connectivity index (χ4n) is 9.06. The van der Waals surface area contributed by atoms with Crippen molar-refractivity contribution in [3.63, 3.8) is 0 Å². The third-order valence-corrected chi connectivity index (χ3v) is 13.6. The molecule has 2 aromatic rings. The predicted molar refractivity (Wildman–Crippen MR) is 245 cm³/mol. The van der Waals surface area contributed by atoms with Crippen molar-refractivity contribution in [3.8, 4) is 0 Å². The standard InChI is InChI=1S/C47H77N7O7S/c1-15-31(8)41(53(12)47(59)39(29(4)5)51-44(57)40(30(6)7)52(11)46(58)38(48-10)28(2)3)36(60-13)27-37(55)54-24-19-22-35(54)42(61-14)32(9)43(56)50-34(45-49-23-25-62-45)26-33-20-17-16-18-21-33/h16-18,20-21,23,25,28-32,34-36,38-42,48H,15,19,22,24,26-27H2,1-14H3,(H,50,56)(H,51,57)/t31-,32+,34-,35?,36+,38?,39?,40?,41-,42+/m0/s1. The van der Waals surface area contributed by atoms with Crippen LogP contribution in [0.1, 0.15) is 105 Å². The fraction of sp³-hybridized carbons (Fsp3) is 0.702. The first-order valence-corrected chi connectivity index (χ1v) is 23.3. The van der Waals surface area contributed by atoms with E-state index in [1.54, 1.807) is 46.5 Å². The van der Waals surface area contributed by atoms with Gasteiger partial charge >= 0.3 is 0 Å². The number of rotatable bonds is 24. The molecule has 1 fully saturated rings. The average Bonchev–Trinajstić information content (AvgIpc) is 3.96. The molecule has 15 heteroatoms. The maximum atomic E-state index is 14.6. The lowest BCUT2D eigenvalue weighted by molar-refractivity contribution is -0.149. The van der Waals surface area contributed by atoms with E-state index in [0.717, 1.165) is 17.0 Å². The Kier molecular flexibility index (Phi) is 21.0. The molecular weight excluding hydrogens is 807 g/mol. The van der Waals surface area contributed by atoms with E-state index in [0.29, 0.717) is 25.8 Å². The van der Waals surface area contributed by atoms with E-state index in [1.165, 1.54) is 16.2 Å². The predicted octanol–water partition coefficient (Wildman–Crippen LogP) is 5.33. The van der Waals surface area contributed by atoms with E-state index < -0.39 is 48.2 Å². The summed E-state index contributed by atoms with van der Waals surface area (Å²) in [5.74, 6) is -2.38. The van der Waals surface area contributed by atoms with Crippen LogP contribution in [0.25, 0.3) is 0 Å². The molecule has 1 aliphatic heterocycles. The van der Waals surface area contributed by atoms with Crippen molar-refractivity contribution in [1.82, 2.24) is 35.6 Å². The molecule has 4 unspecified atom stereocenters. The molecule has 0 radical (unpaired) electrons. The number of carbonyl (C=O) groups is 5. The van der Waals surface area contributed by atoms with Gasteiger partial charge in [0.15, 0.2) is 0 Å². The molecule has 62 heavy (non-hydrogen) atoms. The Morgan fingerprint density at radius 3 is 2.00 bits per heavy atom. The minimum absolute atomic E-state index is 0.00332. The van der Waals surface area contributed by atoms with Crippen LogP contribution in [0.15, 0.2) is 41.9 Å². The summed E-state index contributed by atoms with van der Waals surface area (Å²) < 4.78 is 12.1. The Bertz CT molecular complexity index is 1710. The largest absolute Gasteiger partial charge is 0.379 e. The number of methoxy groups -OCH3 is 2. The van der Waals surface area contributed by atoms with Gasteiger partial charge in [-0.05, 0) is 55.5 Å². The summed E-state index contributed by atoms with van der Waals surface area (Å²) in [6.07, 6.45) is 3.22. The number of thiazole rings is 1. The van der Waals surface area contributed by atoms with Crippen LogP contribution >= 0.6 is 11.3 Å². The third kappa shape index (κ3) is 13.3. The lowest BCUT2D eigenvalue weighted by atomic mass is 9.89. The molecule has 0 spiro atoms. The van der Waals surface area contributed by atoms with Gasteiger partial charge in [0.05, 0.1) is 48.7 Å². The molecule has 1 aromatic heterocycles. The van der Waals surface area contributed by atoms with Crippen molar-refractivity contribution in [2.75, 3.05) is 41.9 Å². The second kappa shape index (κ2) is 24.8. The summed E-state index contributed by atoms with van der Waals surface area (Å²) in [4.78, 5) is 80.0. The Morgan fingerprint density at radius 1 is 0.855 bits per heavy atom. The van der Waals surface area contributed by atoms with E-state index in [9.17, 15) is 24.0 Å². The zero-order valence-electron chi connectivity index (χ0n) is 39.8. The number of hydrogen-bond acceptors (Lipinski definition) is 10. The van der Waals surface area contributed by atoms with E-state index in [1.807, 2.05) is 103 Å². The minimum Gasteiger partial charge on any atom is -0.379 e. The number of likely N-dealkylation sites (N-methyl/N-ethyl adjacent to an activating group) is 3. The van der Waals surface area contributed by atoms with Crippen LogP contribution in [0.3, 0.4) is 0 Å². The van der Waals surface area contributed by atoms with Crippen LogP contribution in [0, 0.1) is 29.6 Å². The maximum Gasteiger partial charge on any atom is 0.245 e. The van der Waals surface area contributed by atoms with Gasteiger partial charge in [0.1, 0.15) is 17.1 Å². The second-order valence-corrected chi connectivity index (χ2v) is 19.0. The third-order valence-electron chi connectivity index (χ3n) is 12.7. The number of nitrogens with zero attached hydrogens (tertiary/aromatic N) is 4. The molecule has 0 bridgehead atoms. The van der Waals surface area contributed by atoms with Crippen molar-refractivity contribution in [3.05, 3.63) is 52.5 Å². The van der Waals surface area contributed by atoms with Gasteiger partial charge in [-0.25, -0.2) is 4.98 Å². The lowest BCUT2D eigenvalue weighted by Crippen LogP contribution is -2.61. The van der Waals surface area contributed by atoms with Gasteiger partial charge in [0.25, 0.3) is 0 Å². The topological polar surface area (TPSA) is 163 Å². The number of ether oxygens (including phenoxy) is 2. The fourth-order valence-corrected chi connectivity index (χ4v) is 9.75. The summed E-state index contributed by atoms with van der Waals surface area (Å²) in [7, 11) is 8.23. The molecule has 2 heterocycles. The molecule has 3 rings (SSSR count). The zero-order valence-corrected chi connectivity index (χ0v) is 40.7. The Labute approximate surface area is 375 Å². The molecule has 0 saturated carbocycles. The van der Waals surface area contributed by atoms with Gasteiger partial charge in [-0.3, -0.25) is 24.0 Å². The van der Waals surface area contributed by atoms with E-state index in [4.69, 9.17) is 9.47 Å². The minimum atomic E-state index is -0.900.